The number of pyridine rings is 2. The van der Waals surface area contributed by atoms with Gasteiger partial charge in [-0.15, -0.1) is 0 Å². The van der Waals surface area contributed by atoms with Crippen LogP contribution < -0.4 is 4.57 Å². The Hall–Kier alpha value is -3.20. The molecule has 3 heterocycles. The number of hydrogen-bond donors (Lipinski definition) is 0. The van der Waals surface area contributed by atoms with Gasteiger partial charge in [0.15, 0.2) is 6.20 Å². The maximum atomic E-state index is 8.96. The molecular weight excluding hydrogens is 392 g/mol. The predicted octanol–water partition coefficient (Wildman–Crippen LogP) is 7.06. The fourth-order valence-corrected chi connectivity index (χ4v) is 5.24. The lowest BCUT2D eigenvalue weighted by Crippen LogP contribution is -2.31. The minimum atomic E-state index is -1.33. The van der Waals surface area contributed by atoms with Gasteiger partial charge in [0.25, 0.3) is 0 Å². The zero-order chi connectivity index (χ0) is 23.4. The van der Waals surface area contributed by atoms with Gasteiger partial charge in [0, 0.05) is 31.8 Å². The Kier molecular flexibility index (Phi) is 4.20. The number of aromatic nitrogens is 2. The Morgan fingerprint density at radius 2 is 1.91 bits per heavy atom. The standard InChI is InChI=1S/C29H29N2O/c1-19-14-25-27(32-29-28(25)23-11-7-6-10-22(23)18-30-29)17-24(19)26-16-21(12-13-31(26)2)15-20-8-4-3-5-9-20/h6-7,10-14,16-18,20H,3-5,8-9,15H2,1-2H3/q+1/i15D2. The van der Waals surface area contributed by atoms with Crippen molar-refractivity contribution >= 4 is 32.8 Å². The van der Waals surface area contributed by atoms with Crippen LogP contribution in [0.25, 0.3) is 44.1 Å². The maximum absolute atomic E-state index is 8.96. The fourth-order valence-electron chi connectivity index (χ4n) is 5.24. The number of fused-ring (bicyclic) bond motifs is 5. The third kappa shape index (κ3) is 3.28. The van der Waals surface area contributed by atoms with E-state index in [1.54, 1.807) is 0 Å². The topological polar surface area (TPSA) is 29.9 Å². The molecule has 0 unspecified atom stereocenters. The monoisotopic (exact) mass is 423 g/mol. The minimum absolute atomic E-state index is 0.0834. The number of rotatable bonds is 3. The van der Waals surface area contributed by atoms with Gasteiger partial charge in [-0.1, -0.05) is 56.4 Å². The molecule has 1 fully saturated rings. The number of furan rings is 1. The van der Waals surface area contributed by atoms with Gasteiger partial charge in [-0.25, -0.2) is 9.55 Å². The molecule has 160 valence electrons. The molecule has 0 atom stereocenters. The van der Waals surface area contributed by atoms with Crippen LogP contribution in [0, 0.1) is 12.8 Å². The predicted molar refractivity (Wildman–Crippen MR) is 131 cm³/mol. The SMILES string of the molecule is [2H]C([2H])(c1cc[n+](C)c(-c2cc3oc4ncc5ccccc5c4c3cc2C)c1)C1CCCCC1. The summed E-state index contributed by atoms with van der Waals surface area (Å²) in [5.74, 6) is 0.0834. The van der Waals surface area contributed by atoms with Crippen LogP contribution in [-0.2, 0) is 13.4 Å². The third-order valence-corrected chi connectivity index (χ3v) is 6.97. The highest BCUT2D eigenvalue weighted by molar-refractivity contribution is 6.17. The lowest BCUT2D eigenvalue weighted by Gasteiger charge is -2.21. The summed E-state index contributed by atoms with van der Waals surface area (Å²) in [5.41, 5.74) is 5.41. The quantitative estimate of drug-likeness (QED) is 0.291. The van der Waals surface area contributed by atoms with Gasteiger partial charge in [0.05, 0.1) is 10.9 Å². The van der Waals surface area contributed by atoms with Crippen LogP contribution >= 0.6 is 0 Å². The van der Waals surface area contributed by atoms with E-state index >= 15 is 0 Å². The molecule has 1 aliphatic carbocycles. The summed E-state index contributed by atoms with van der Waals surface area (Å²) in [5, 5.41) is 4.36. The van der Waals surface area contributed by atoms with Crippen LogP contribution in [0.4, 0.5) is 0 Å². The van der Waals surface area contributed by atoms with E-state index in [0.717, 1.165) is 75.2 Å². The first-order chi connectivity index (χ1) is 16.4. The molecule has 0 amide bonds. The molecular formula is C29H29N2O+. The van der Waals surface area contributed by atoms with Crippen LogP contribution in [0.2, 0.25) is 0 Å². The van der Waals surface area contributed by atoms with Crippen molar-refractivity contribution in [3.8, 4) is 11.3 Å². The Labute approximate surface area is 191 Å². The first-order valence-corrected chi connectivity index (χ1v) is 11.6. The van der Waals surface area contributed by atoms with Crippen LogP contribution in [0.3, 0.4) is 0 Å². The molecule has 1 saturated carbocycles. The van der Waals surface area contributed by atoms with Gasteiger partial charge in [-0.2, -0.15) is 0 Å². The molecule has 0 N–H and O–H groups in total. The Balaban J connectivity index is 1.51. The summed E-state index contributed by atoms with van der Waals surface area (Å²) < 4.78 is 26.2. The molecule has 5 aromatic rings. The molecule has 1 aliphatic rings. The van der Waals surface area contributed by atoms with Crippen LogP contribution in [0.15, 0.2) is 65.3 Å². The molecule has 3 heteroatoms. The fraction of sp³-hybridized carbons (Fsp3) is 0.310. The summed E-state index contributed by atoms with van der Waals surface area (Å²) in [6.45, 7) is 2.12. The number of benzene rings is 2. The van der Waals surface area contributed by atoms with E-state index in [4.69, 9.17) is 7.16 Å². The summed E-state index contributed by atoms with van der Waals surface area (Å²) in [6.07, 6.45) is 7.94. The summed E-state index contributed by atoms with van der Waals surface area (Å²) in [6, 6.07) is 16.5. The van der Waals surface area contributed by atoms with Crippen LogP contribution in [-0.4, -0.2) is 4.98 Å². The van der Waals surface area contributed by atoms with E-state index < -0.39 is 6.37 Å². The molecule has 2 aromatic carbocycles. The molecule has 6 rings (SSSR count). The smallest absolute Gasteiger partial charge is 0.227 e. The highest BCUT2D eigenvalue weighted by atomic mass is 16.3. The van der Waals surface area contributed by atoms with Crippen LogP contribution in [0.5, 0.6) is 0 Å². The van der Waals surface area contributed by atoms with Gasteiger partial charge in [-0.05, 0) is 47.9 Å². The van der Waals surface area contributed by atoms with Gasteiger partial charge in [0.1, 0.15) is 12.6 Å². The molecule has 0 spiro atoms. The first-order valence-electron chi connectivity index (χ1n) is 12.6. The lowest BCUT2D eigenvalue weighted by atomic mass is 9.85. The van der Waals surface area contributed by atoms with E-state index in [0.29, 0.717) is 5.71 Å². The average molecular weight is 424 g/mol. The highest BCUT2D eigenvalue weighted by Crippen LogP contribution is 2.37. The van der Waals surface area contributed by atoms with Crippen LogP contribution in [0.1, 0.15) is 46.0 Å². The van der Waals surface area contributed by atoms with Crippen molar-refractivity contribution in [3.63, 3.8) is 0 Å². The van der Waals surface area contributed by atoms with Crippen molar-refractivity contribution in [2.45, 2.75) is 45.4 Å². The largest absolute Gasteiger partial charge is 0.438 e. The van der Waals surface area contributed by atoms with E-state index in [2.05, 4.69) is 40.7 Å². The second-order valence-corrected chi connectivity index (χ2v) is 9.18. The van der Waals surface area contributed by atoms with Crippen molar-refractivity contribution in [2.24, 2.45) is 13.0 Å². The molecule has 3 aromatic heterocycles. The lowest BCUT2D eigenvalue weighted by molar-refractivity contribution is -0.660. The van der Waals surface area contributed by atoms with Gasteiger partial charge >= 0.3 is 0 Å². The molecule has 0 saturated heterocycles. The molecule has 32 heavy (non-hydrogen) atoms. The Bertz CT molecular complexity index is 1550. The van der Waals surface area contributed by atoms with Crippen molar-refractivity contribution in [2.75, 3.05) is 0 Å². The number of hydrogen-bond acceptors (Lipinski definition) is 2. The second kappa shape index (κ2) is 7.74. The maximum Gasteiger partial charge on any atom is 0.227 e. The molecule has 0 aliphatic heterocycles. The van der Waals surface area contributed by atoms with E-state index in [-0.39, 0.29) is 5.92 Å². The van der Waals surface area contributed by atoms with Gasteiger partial charge < -0.3 is 4.42 Å². The van der Waals surface area contributed by atoms with Gasteiger partial charge in [0.2, 0.25) is 11.4 Å². The van der Waals surface area contributed by atoms with E-state index in [1.807, 2.05) is 43.7 Å². The summed E-state index contributed by atoms with van der Waals surface area (Å²) in [7, 11) is 2.02. The second-order valence-electron chi connectivity index (χ2n) is 9.18. The number of aryl methyl sites for hydroxylation is 2. The average Bonchev–Trinajstić information content (AvgIpc) is 3.22. The number of nitrogens with zero attached hydrogens (tertiary/aromatic N) is 2. The molecule has 3 nitrogen and oxygen atoms in total. The van der Waals surface area contributed by atoms with Crippen molar-refractivity contribution in [1.29, 1.82) is 0 Å². The normalized spacial score (nSPS) is 16.6. The Morgan fingerprint density at radius 1 is 1.06 bits per heavy atom. The zero-order valence-electron chi connectivity index (χ0n) is 20.7. The van der Waals surface area contributed by atoms with Crippen molar-refractivity contribution in [3.05, 3.63) is 72.1 Å². The molecule has 0 radical (unpaired) electrons. The Morgan fingerprint density at radius 3 is 2.78 bits per heavy atom. The first kappa shape index (κ1) is 17.4. The van der Waals surface area contributed by atoms with E-state index in [9.17, 15) is 0 Å². The summed E-state index contributed by atoms with van der Waals surface area (Å²) >= 11 is 0. The minimum Gasteiger partial charge on any atom is -0.438 e. The van der Waals surface area contributed by atoms with Gasteiger partial charge in [-0.3, -0.25) is 0 Å². The van der Waals surface area contributed by atoms with Crippen molar-refractivity contribution < 1.29 is 11.7 Å². The third-order valence-electron chi connectivity index (χ3n) is 6.97. The summed E-state index contributed by atoms with van der Waals surface area (Å²) in [4.78, 5) is 4.57. The van der Waals surface area contributed by atoms with E-state index in [1.165, 1.54) is 6.42 Å². The molecule has 0 bridgehead atoms. The van der Waals surface area contributed by atoms with Crippen molar-refractivity contribution in [1.82, 2.24) is 4.98 Å². The highest BCUT2D eigenvalue weighted by Gasteiger charge is 2.20. The zero-order valence-corrected chi connectivity index (χ0v) is 18.7.